The smallest absolute Gasteiger partial charge is 0.326 e. The van der Waals surface area contributed by atoms with Crippen LogP contribution >= 0.6 is 0 Å². The maximum atomic E-state index is 12.6. The third-order valence-corrected chi connectivity index (χ3v) is 4.93. The van der Waals surface area contributed by atoms with E-state index in [1.54, 1.807) is 0 Å². The minimum atomic E-state index is -1.06. The molecule has 26 heavy (non-hydrogen) atoms. The van der Waals surface area contributed by atoms with Gasteiger partial charge in [0.1, 0.15) is 6.04 Å². The molecule has 142 valence electrons. The highest BCUT2D eigenvalue weighted by atomic mass is 16.4. The van der Waals surface area contributed by atoms with Gasteiger partial charge in [0.15, 0.2) is 0 Å². The molecule has 0 aliphatic heterocycles. The number of hydrogen-bond acceptors (Lipinski definition) is 3. The number of carboxylic acid groups (broad SMARTS) is 1. The Labute approximate surface area is 154 Å². The largest absolute Gasteiger partial charge is 0.480 e. The SMILES string of the molecule is CC(C)C[C@H](NC(=O)CNC(=O)C1(Cc2ccccc2)CCC1)C(=O)O. The predicted octanol–water partition coefficient (Wildman–Crippen LogP) is 2.13. The highest BCUT2D eigenvalue weighted by Crippen LogP contribution is 2.43. The summed E-state index contributed by atoms with van der Waals surface area (Å²) in [7, 11) is 0. The molecule has 1 aromatic rings. The van der Waals surface area contributed by atoms with Crippen LogP contribution in [0.2, 0.25) is 0 Å². The summed E-state index contributed by atoms with van der Waals surface area (Å²) in [5.41, 5.74) is 0.654. The molecule has 0 saturated heterocycles. The number of nitrogens with one attached hydrogen (secondary N) is 2. The summed E-state index contributed by atoms with van der Waals surface area (Å²) in [4.78, 5) is 35.9. The molecule has 1 fully saturated rings. The molecule has 0 unspecified atom stereocenters. The summed E-state index contributed by atoms with van der Waals surface area (Å²) >= 11 is 0. The van der Waals surface area contributed by atoms with Gasteiger partial charge in [0.05, 0.1) is 12.0 Å². The van der Waals surface area contributed by atoms with Crippen molar-refractivity contribution in [2.75, 3.05) is 6.54 Å². The Kier molecular flexibility index (Phi) is 6.77. The number of carbonyl (C=O) groups is 3. The first-order valence-electron chi connectivity index (χ1n) is 9.17. The Hall–Kier alpha value is -2.37. The summed E-state index contributed by atoms with van der Waals surface area (Å²) in [6.07, 6.45) is 3.63. The Balaban J connectivity index is 1.88. The van der Waals surface area contributed by atoms with Gasteiger partial charge in [0.25, 0.3) is 0 Å². The van der Waals surface area contributed by atoms with Gasteiger partial charge in [-0.15, -0.1) is 0 Å². The molecule has 6 heteroatoms. The van der Waals surface area contributed by atoms with Gasteiger partial charge in [0.2, 0.25) is 11.8 Å². The lowest BCUT2D eigenvalue weighted by Crippen LogP contribution is -2.51. The van der Waals surface area contributed by atoms with Crippen LogP contribution in [0.5, 0.6) is 0 Å². The lowest BCUT2D eigenvalue weighted by molar-refractivity contribution is -0.142. The molecule has 0 heterocycles. The summed E-state index contributed by atoms with van der Waals surface area (Å²) in [6, 6.07) is 8.92. The van der Waals surface area contributed by atoms with Gasteiger partial charge in [-0.2, -0.15) is 0 Å². The second-order valence-electron chi connectivity index (χ2n) is 7.57. The van der Waals surface area contributed by atoms with Gasteiger partial charge in [-0.25, -0.2) is 4.79 Å². The summed E-state index contributed by atoms with van der Waals surface area (Å²) in [5, 5.41) is 14.4. The second-order valence-corrected chi connectivity index (χ2v) is 7.57. The van der Waals surface area contributed by atoms with E-state index in [1.165, 1.54) is 0 Å². The van der Waals surface area contributed by atoms with Crippen molar-refractivity contribution in [3.05, 3.63) is 35.9 Å². The topological polar surface area (TPSA) is 95.5 Å². The fraction of sp³-hybridized carbons (Fsp3) is 0.550. The van der Waals surface area contributed by atoms with Gasteiger partial charge in [0, 0.05) is 0 Å². The van der Waals surface area contributed by atoms with Gasteiger partial charge in [-0.05, 0) is 37.2 Å². The number of hydrogen-bond donors (Lipinski definition) is 3. The van der Waals surface area contributed by atoms with Crippen molar-refractivity contribution >= 4 is 17.8 Å². The van der Waals surface area contributed by atoms with Crippen molar-refractivity contribution in [2.24, 2.45) is 11.3 Å². The van der Waals surface area contributed by atoms with E-state index in [1.807, 2.05) is 44.2 Å². The molecule has 1 aliphatic rings. The van der Waals surface area contributed by atoms with Crippen LogP contribution < -0.4 is 10.6 Å². The van der Waals surface area contributed by atoms with Crippen molar-refractivity contribution < 1.29 is 19.5 Å². The Bertz CT molecular complexity index is 638. The normalized spacial score (nSPS) is 16.4. The third-order valence-electron chi connectivity index (χ3n) is 4.93. The number of amides is 2. The van der Waals surface area contributed by atoms with Crippen molar-refractivity contribution in [2.45, 2.75) is 52.0 Å². The van der Waals surface area contributed by atoms with E-state index in [2.05, 4.69) is 10.6 Å². The summed E-state index contributed by atoms with van der Waals surface area (Å²) in [6.45, 7) is 3.60. The molecule has 0 radical (unpaired) electrons. The van der Waals surface area contributed by atoms with Crippen LogP contribution in [0.4, 0.5) is 0 Å². The predicted molar refractivity (Wildman–Crippen MR) is 98.5 cm³/mol. The number of rotatable bonds is 9. The van der Waals surface area contributed by atoms with Crippen molar-refractivity contribution in [1.29, 1.82) is 0 Å². The molecule has 2 amide bonds. The molecule has 1 aliphatic carbocycles. The summed E-state index contributed by atoms with van der Waals surface area (Å²) < 4.78 is 0. The molecule has 0 spiro atoms. The molecule has 1 atom stereocenters. The van der Waals surface area contributed by atoms with Crippen LogP contribution in [0, 0.1) is 11.3 Å². The van der Waals surface area contributed by atoms with Gasteiger partial charge in [-0.1, -0.05) is 50.6 Å². The minimum absolute atomic E-state index is 0.126. The maximum absolute atomic E-state index is 12.6. The van der Waals surface area contributed by atoms with Crippen LogP contribution in [0.3, 0.4) is 0 Å². The van der Waals surface area contributed by atoms with E-state index in [0.717, 1.165) is 24.8 Å². The second kappa shape index (κ2) is 8.83. The molecule has 2 rings (SSSR count). The quantitative estimate of drug-likeness (QED) is 0.629. The highest BCUT2D eigenvalue weighted by Gasteiger charge is 2.44. The van der Waals surface area contributed by atoms with E-state index < -0.39 is 23.3 Å². The van der Waals surface area contributed by atoms with E-state index in [4.69, 9.17) is 0 Å². The van der Waals surface area contributed by atoms with Crippen LogP contribution in [-0.2, 0) is 20.8 Å². The number of aliphatic carboxylic acids is 1. The Morgan fingerprint density at radius 2 is 1.81 bits per heavy atom. The van der Waals surface area contributed by atoms with Crippen molar-refractivity contribution in [3.8, 4) is 0 Å². The van der Waals surface area contributed by atoms with E-state index >= 15 is 0 Å². The zero-order chi connectivity index (χ0) is 19.2. The first kappa shape index (κ1) is 19.9. The van der Waals surface area contributed by atoms with Crippen molar-refractivity contribution in [1.82, 2.24) is 10.6 Å². The lowest BCUT2D eigenvalue weighted by Gasteiger charge is -2.40. The molecule has 3 N–H and O–H groups in total. The van der Waals surface area contributed by atoms with Crippen molar-refractivity contribution in [3.63, 3.8) is 0 Å². The van der Waals surface area contributed by atoms with Crippen LogP contribution in [-0.4, -0.2) is 35.5 Å². The third kappa shape index (κ3) is 5.31. The first-order chi connectivity index (χ1) is 12.3. The first-order valence-corrected chi connectivity index (χ1v) is 9.17. The van der Waals surface area contributed by atoms with E-state index in [9.17, 15) is 19.5 Å². The molecular formula is C20H28N2O4. The molecular weight excluding hydrogens is 332 g/mol. The standard InChI is InChI=1S/C20H28N2O4/c1-14(2)11-16(18(24)25)22-17(23)13-21-19(26)20(9-6-10-20)12-15-7-4-3-5-8-15/h3-5,7-8,14,16H,6,9-13H2,1-2H3,(H,21,26)(H,22,23)(H,24,25)/t16-/m0/s1. The molecule has 6 nitrogen and oxygen atoms in total. The van der Waals surface area contributed by atoms with E-state index in [-0.39, 0.29) is 18.4 Å². The van der Waals surface area contributed by atoms with Gasteiger partial charge >= 0.3 is 5.97 Å². The molecule has 1 aromatic carbocycles. The zero-order valence-corrected chi connectivity index (χ0v) is 15.5. The highest BCUT2D eigenvalue weighted by molar-refractivity contribution is 5.90. The Morgan fingerprint density at radius 3 is 2.31 bits per heavy atom. The fourth-order valence-corrected chi connectivity index (χ4v) is 3.36. The number of carbonyl (C=O) groups excluding carboxylic acids is 2. The molecule has 0 bridgehead atoms. The number of benzene rings is 1. The van der Waals surface area contributed by atoms with Gasteiger partial charge in [-0.3, -0.25) is 9.59 Å². The fourth-order valence-electron chi connectivity index (χ4n) is 3.36. The average molecular weight is 360 g/mol. The maximum Gasteiger partial charge on any atom is 0.326 e. The number of carboxylic acids is 1. The lowest BCUT2D eigenvalue weighted by atomic mass is 9.64. The molecule has 1 saturated carbocycles. The van der Waals surface area contributed by atoms with Crippen LogP contribution in [0.15, 0.2) is 30.3 Å². The monoisotopic (exact) mass is 360 g/mol. The summed E-state index contributed by atoms with van der Waals surface area (Å²) in [5.74, 6) is -1.51. The van der Waals surface area contributed by atoms with Crippen LogP contribution in [0.1, 0.15) is 45.1 Å². The minimum Gasteiger partial charge on any atom is -0.480 e. The van der Waals surface area contributed by atoms with E-state index in [0.29, 0.717) is 12.8 Å². The van der Waals surface area contributed by atoms with Crippen LogP contribution in [0.25, 0.3) is 0 Å². The molecule has 0 aromatic heterocycles. The average Bonchev–Trinajstić information content (AvgIpc) is 2.55. The van der Waals surface area contributed by atoms with Gasteiger partial charge < -0.3 is 15.7 Å². The zero-order valence-electron chi connectivity index (χ0n) is 15.5. The Morgan fingerprint density at radius 1 is 1.15 bits per heavy atom.